The van der Waals surface area contributed by atoms with Crippen LogP contribution in [0.4, 0.5) is 5.69 Å². The van der Waals surface area contributed by atoms with Gasteiger partial charge in [-0.15, -0.1) is 0 Å². The molecule has 1 heterocycles. The van der Waals surface area contributed by atoms with Gasteiger partial charge >= 0.3 is 0 Å². The number of aromatic nitrogens is 2. The zero-order valence-corrected chi connectivity index (χ0v) is 12.8. The number of methoxy groups -OCH3 is 1. The molecule has 2 rings (SSSR count). The Morgan fingerprint density at radius 2 is 2.26 bits per heavy atom. The van der Waals surface area contributed by atoms with Crippen molar-refractivity contribution in [2.45, 2.75) is 26.6 Å². The molecule has 0 saturated heterocycles. The van der Waals surface area contributed by atoms with Crippen molar-refractivity contribution < 1.29 is 4.74 Å². The molecule has 0 amide bonds. The van der Waals surface area contributed by atoms with Gasteiger partial charge in [-0.2, -0.15) is 5.10 Å². The van der Waals surface area contributed by atoms with Crippen LogP contribution in [-0.4, -0.2) is 16.9 Å². The van der Waals surface area contributed by atoms with E-state index in [1.807, 2.05) is 23.0 Å². The van der Waals surface area contributed by atoms with E-state index in [9.17, 15) is 0 Å². The van der Waals surface area contributed by atoms with Crippen LogP contribution in [-0.2, 0) is 24.4 Å². The molecule has 0 fully saturated rings. The van der Waals surface area contributed by atoms with Crippen molar-refractivity contribution in [1.82, 2.24) is 9.78 Å². The zero-order chi connectivity index (χ0) is 13.7. The normalized spacial score (nSPS) is 10.7. The van der Waals surface area contributed by atoms with Gasteiger partial charge in [0.25, 0.3) is 0 Å². The molecular weight excluding hydrogens is 306 g/mol. The van der Waals surface area contributed by atoms with Gasteiger partial charge in [-0.25, -0.2) is 0 Å². The summed E-state index contributed by atoms with van der Waals surface area (Å²) in [6.45, 7) is 4.31. The highest BCUT2D eigenvalue weighted by atomic mass is 79.9. The van der Waals surface area contributed by atoms with Gasteiger partial charge in [-0.05, 0) is 19.1 Å². The number of nitrogens with zero attached hydrogens (tertiary/aromatic N) is 2. The van der Waals surface area contributed by atoms with E-state index in [4.69, 9.17) is 4.74 Å². The highest BCUT2D eigenvalue weighted by molar-refractivity contribution is 9.10. The first-order chi connectivity index (χ1) is 9.24. The summed E-state index contributed by atoms with van der Waals surface area (Å²) < 4.78 is 8.22. The Bertz CT molecular complexity index is 539. The maximum absolute atomic E-state index is 5.24. The van der Waals surface area contributed by atoms with Crippen molar-refractivity contribution in [3.8, 4) is 0 Å². The molecule has 0 saturated carbocycles. The molecular formula is C14H18BrN3O. The van der Waals surface area contributed by atoms with E-state index >= 15 is 0 Å². The van der Waals surface area contributed by atoms with Crippen LogP contribution in [0, 0.1) is 0 Å². The van der Waals surface area contributed by atoms with Gasteiger partial charge in [0.05, 0.1) is 12.8 Å². The lowest BCUT2D eigenvalue weighted by molar-refractivity contribution is 0.185. The van der Waals surface area contributed by atoms with Crippen LogP contribution in [0.3, 0.4) is 0 Å². The minimum absolute atomic E-state index is 0.581. The average Bonchev–Trinajstić information content (AvgIpc) is 2.87. The van der Waals surface area contributed by atoms with Gasteiger partial charge in [-0.1, -0.05) is 22.0 Å². The lowest BCUT2D eigenvalue weighted by atomic mass is 10.2. The van der Waals surface area contributed by atoms with E-state index in [1.54, 1.807) is 7.11 Å². The van der Waals surface area contributed by atoms with Crippen LogP contribution in [0.1, 0.15) is 18.1 Å². The number of rotatable bonds is 6. The number of halogens is 1. The number of anilines is 1. The van der Waals surface area contributed by atoms with Crippen molar-refractivity contribution in [3.63, 3.8) is 0 Å². The molecule has 1 aromatic heterocycles. The lowest BCUT2D eigenvalue weighted by Gasteiger charge is -2.12. The van der Waals surface area contributed by atoms with E-state index in [0.717, 1.165) is 28.8 Å². The second-order valence-electron chi connectivity index (χ2n) is 4.26. The molecule has 0 aliphatic heterocycles. The Morgan fingerprint density at radius 1 is 1.42 bits per heavy atom. The molecule has 1 aromatic carbocycles. The first kappa shape index (κ1) is 14.1. The molecule has 0 bridgehead atoms. The first-order valence-corrected chi connectivity index (χ1v) is 7.05. The van der Waals surface area contributed by atoms with Gasteiger partial charge in [0, 0.05) is 47.7 Å². The molecule has 0 aliphatic rings. The molecule has 1 N–H and O–H groups in total. The summed E-state index contributed by atoms with van der Waals surface area (Å²) in [5.74, 6) is 0. The number of aryl methyl sites for hydroxylation is 1. The van der Waals surface area contributed by atoms with Gasteiger partial charge in [-0.3, -0.25) is 4.68 Å². The molecule has 19 heavy (non-hydrogen) atoms. The van der Waals surface area contributed by atoms with Crippen LogP contribution >= 0.6 is 15.9 Å². The predicted molar refractivity (Wildman–Crippen MR) is 80.1 cm³/mol. The lowest BCUT2D eigenvalue weighted by Crippen LogP contribution is -2.03. The number of nitrogens with one attached hydrogen (secondary N) is 1. The Balaban J connectivity index is 2.08. The molecule has 0 unspecified atom stereocenters. The quantitative estimate of drug-likeness (QED) is 0.885. The van der Waals surface area contributed by atoms with Crippen LogP contribution in [0.2, 0.25) is 0 Å². The summed E-state index contributed by atoms with van der Waals surface area (Å²) in [7, 11) is 1.70. The van der Waals surface area contributed by atoms with Crippen molar-refractivity contribution in [2.24, 2.45) is 0 Å². The van der Waals surface area contributed by atoms with Gasteiger partial charge in [0.1, 0.15) is 0 Å². The first-order valence-electron chi connectivity index (χ1n) is 6.26. The summed E-state index contributed by atoms with van der Waals surface area (Å²) in [5.41, 5.74) is 3.39. The largest absolute Gasteiger partial charge is 0.381 e. The van der Waals surface area contributed by atoms with Crippen LogP contribution < -0.4 is 5.32 Å². The van der Waals surface area contributed by atoms with Crippen LogP contribution in [0.25, 0.3) is 0 Å². The fraction of sp³-hybridized carbons (Fsp3) is 0.357. The second-order valence-corrected chi connectivity index (χ2v) is 5.11. The monoisotopic (exact) mass is 323 g/mol. The smallest absolute Gasteiger partial charge is 0.0744 e. The molecule has 5 heteroatoms. The van der Waals surface area contributed by atoms with Crippen molar-refractivity contribution in [3.05, 3.63) is 46.2 Å². The predicted octanol–water partition coefficient (Wildman–Crippen LogP) is 3.42. The molecule has 102 valence electrons. The molecule has 2 aromatic rings. The Morgan fingerprint density at radius 3 is 2.95 bits per heavy atom. The standard InChI is InChI=1S/C14H18BrN3O/c1-3-18-9-11(8-17-18)7-16-14-6-4-5-13(15)12(14)10-19-2/h4-6,8-9,16H,3,7,10H2,1-2H3. The van der Waals surface area contributed by atoms with Gasteiger partial charge in [0.2, 0.25) is 0 Å². The maximum atomic E-state index is 5.24. The Hall–Kier alpha value is -1.33. The number of benzene rings is 1. The maximum Gasteiger partial charge on any atom is 0.0744 e. The molecule has 4 nitrogen and oxygen atoms in total. The van der Waals surface area contributed by atoms with Crippen LogP contribution in [0.15, 0.2) is 35.1 Å². The van der Waals surface area contributed by atoms with Crippen molar-refractivity contribution >= 4 is 21.6 Å². The topological polar surface area (TPSA) is 39.1 Å². The van der Waals surface area contributed by atoms with E-state index in [0.29, 0.717) is 6.61 Å². The Labute approximate surface area is 121 Å². The summed E-state index contributed by atoms with van der Waals surface area (Å²) in [4.78, 5) is 0. The van der Waals surface area contributed by atoms with E-state index in [2.05, 4.69) is 45.5 Å². The van der Waals surface area contributed by atoms with E-state index in [-0.39, 0.29) is 0 Å². The molecule has 0 radical (unpaired) electrons. The van der Waals surface area contributed by atoms with Gasteiger partial charge in [0.15, 0.2) is 0 Å². The fourth-order valence-electron chi connectivity index (χ4n) is 1.88. The van der Waals surface area contributed by atoms with Gasteiger partial charge < -0.3 is 10.1 Å². The third kappa shape index (κ3) is 3.58. The highest BCUT2D eigenvalue weighted by Gasteiger charge is 2.06. The van der Waals surface area contributed by atoms with Crippen molar-refractivity contribution in [1.29, 1.82) is 0 Å². The molecule has 0 aliphatic carbocycles. The number of hydrogen-bond donors (Lipinski definition) is 1. The number of ether oxygens (including phenoxy) is 1. The summed E-state index contributed by atoms with van der Waals surface area (Å²) in [6, 6.07) is 6.10. The summed E-state index contributed by atoms with van der Waals surface area (Å²) in [5, 5.41) is 7.70. The highest BCUT2D eigenvalue weighted by Crippen LogP contribution is 2.25. The SMILES string of the molecule is CCn1cc(CNc2cccc(Br)c2COC)cn1. The summed E-state index contributed by atoms with van der Waals surface area (Å²) >= 11 is 3.55. The Kier molecular flexibility index (Phi) is 4.99. The molecule has 0 spiro atoms. The third-order valence-electron chi connectivity index (χ3n) is 2.90. The number of hydrogen-bond acceptors (Lipinski definition) is 3. The second kappa shape index (κ2) is 6.73. The third-order valence-corrected chi connectivity index (χ3v) is 3.64. The summed E-state index contributed by atoms with van der Waals surface area (Å²) in [6.07, 6.45) is 3.95. The zero-order valence-electron chi connectivity index (χ0n) is 11.2. The average molecular weight is 324 g/mol. The van der Waals surface area contributed by atoms with Crippen molar-refractivity contribution in [2.75, 3.05) is 12.4 Å². The van der Waals surface area contributed by atoms with Crippen LogP contribution in [0.5, 0.6) is 0 Å². The fourth-order valence-corrected chi connectivity index (χ4v) is 2.36. The van der Waals surface area contributed by atoms with E-state index in [1.165, 1.54) is 5.56 Å². The molecule has 0 atom stereocenters. The minimum atomic E-state index is 0.581. The van der Waals surface area contributed by atoms with E-state index < -0.39 is 0 Å². The minimum Gasteiger partial charge on any atom is -0.381 e.